The predicted molar refractivity (Wildman–Crippen MR) is 39.0 cm³/mol. The van der Waals surface area contributed by atoms with Gasteiger partial charge in [-0.3, -0.25) is 4.98 Å². The van der Waals surface area contributed by atoms with Crippen molar-refractivity contribution in [2.24, 2.45) is 0 Å². The normalized spacial score (nSPS) is 22.5. The summed E-state index contributed by atoms with van der Waals surface area (Å²) in [5, 5.41) is 0. The van der Waals surface area contributed by atoms with Crippen molar-refractivity contribution in [1.29, 1.82) is 0 Å². The molecule has 3 rings (SSSR count). The maximum Gasteiger partial charge on any atom is 0.0312 e. The molecule has 0 aromatic carbocycles. The first-order valence-corrected chi connectivity index (χ1v) is 3.80. The van der Waals surface area contributed by atoms with Crippen LogP contribution in [0.5, 0.6) is 0 Å². The molecule has 0 atom stereocenters. The molecule has 1 heterocycles. The zero-order chi connectivity index (χ0) is 6.77. The molecule has 0 aliphatic heterocycles. The van der Waals surface area contributed by atoms with E-state index < -0.39 is 0 Å². The first-order valence-electron chi connectivity index (χ1n) is 3.80. The monoisotopic (exact) mass is 131 g/mol. The van der Waals surface area contributed by atoms with E-state index in [1.54, 1.807) is 5.56 Å². The van der Waals surface area contributed by atoms with E-state index in [0.29, 0.717) is 5.41 Å². The van der Waals surface area contributed by atoms with Crippen molar-refractivity contribution < 1.29 is 0 Å². The highest BCUT2D eigenvalue weighted by Crippen LogP contribution is 2.67. The van der Waals surface area contributed by atoms with Crippen LogP contribution < -0.4 is 0 Å². The lowest BCUT2D eigenvalue weighted by molar-refractivity contribution is 1.06. The van der Waals surface area contributed by atoms with Gasteiger partial charge in [-0.2, -0.15) is 0 Å². The van der Waals surface area contributed by atoms with E-state index in [0.717, 1.165) is 0 Å². The quantitative estimate of drug-likeness (QED) is 0.523. The van der Waals surface area contributed by atoms with Gasteiger partial charge >= 0.3 is 0 Å². The molecule has 1 saturated carbocycles. The molecule has 2 aliphatic rings. The van der Waals surface area contributed by atoms with Crippen LogP contribution in [0.2, 0.25) is 0 Å². The van der Waals surface area contributed by atoms with E-state index in [4.69, 9.17) is 0 Å². The molecule has 1 nitrogen and oxygen atoms in total. The standard InChI is InChI=1S/C9H9N/c1-6-4-10-5-7-8(6)9(7)2-3-9/h4-5H,2-3H2,1H3. The van der Waals surface area contributed by atoms with Crippen molar-refractivity contribution in [1.82, 2.24) is 4.98 Å². The molecule has 0 radical (unpaired) electrons. The van der Waals surface area contributed by atoms with Crippen LogP contribution >= 0.6 is 0 Å². The molecule has 0 N–H and O–H groups in total. The van der Waals surface area contributed by atoms with Gasteiger partial charge in [-0.1, -0.05) is 0 Å². The van der Waals surface area contributed by atoms with Crippen LogP contribution in [0.3, 0.4) is 0 Å². The Kier molecular flexibility index (Phi) is 0.555. The lowest BCUT2D eigenvalue weighted by Gasteiger charge is -1.83. The van der Waals surface area contributed by atoms with Crippen molar-refractivity contribution in [2.45, 2.75) is 25.2 Å². The van der Waals surface area contributed by atoms with Crippen molar-refractivity contribution in [2.75, 3.05) is 0 Å². The van der Waals surface area contributed by atoms with Gasteiger partial charge < -0.3 is 0 Å². The van der Waals surface area contributed by atoms with E-state index in [9.17, 15) is 0 Å². The zero-order valence-corrected chi connectivity index (χ0v) is 6.02. The smallest absolute Gasteiger partial charge is 0.0312 e. The third-order valence-corrected chi connectivity index (χ3v) is 2.82. The Balaban J connectivity index is 2.30. The maximum atomic E-state index is 4.17. The Hall–Kier alpha value is -0.850. The molecule has 10 heavy (non-hydrogen) atoms. The third-order valence-electron chi connectivity index (χ3n) is 2.82. The van der Waals surface area contributed by atoms with E-state index in [1.165, 1.54) is 24.0 Å². The van der Waals surface area contributed by atoms with Crippen molar-refractivity contribution in [3.8, 4) is 0 Å². The number of hydrogen-bond acceptors (Lipinski definition) is 1. The van der Waals surface area contributed by atoms with Crippen molar-refractivity contribution in [3.05, 3.63) is 29.1 Å². The van der Waals surface area contributed by atoms with Gasteiger partial charge in [-0.05, 0) is 36.5 Å². The fourth-order valence-corrected chi connectivity index (χ4v) is 2.09. The second-order valence-corrected chi connectivity index (χ2v) is 3.46. The minimum Gasteiger partial charge on any atom is -0.264 e. The molecule has 0 amide bonds. The van der Waals surface area contributed by atoms with Crippen molar-refractivity contribution in [3.63, 3.8) is 0 Å². The highest BCUT2D eigenvalue weighted by molar-refractivity contribution is 5.66. The van der Waals surface area contributed by atoms with Crippen molar-refractivity contribution >= 4 is 0 Å². The van der Waals surface area contributed by atoms with Crippen LogP contribution in [0, 0.1) is 6.92 Å². The van der Waals surface area contributed by atoms with Gasteiger partial charge in [-0.25, -0.2) is 0 Å². The first kappa shape index (κ1) is 4.89. The Morgan fingerprint density at radius 2 is 2.20 bits per heavy atom. The molecule has 0 saturated heterocycles. The molecule has 0 unspecified atom stereocenters. The molecular weight excluding hydrogens is 122 g/mol. The number of nitrogens with zero attached hydrogens (tertiary/aromatic N) is 1. The highest BCUT2D eigenvalue weighted by Gasteiger charge is 2.60. The van der Waals surface area contributed by atoms with E-state index in [2.05, 4.69) is 11.9 Å². The Morgan fingerprint density at radius 3 is 2.80 bits per heavy atom. The Bertz CT molecular complexity index is 311. The summed E-state index contributed by atoms with van der Waals surface area (Å²) in [4.78, 5) is 4.17. The van der Waals surface area contributed by atoms with Crippen LogP contribution in [0.1, 0.15) is 29.5 Å². The number of aryl methyl sites for hydroxylation is 1. The Labute approximate surface area is 60.1 Å². The first-order chi connectivity index (χ1) is 4.84. The van der Waals surface area contributed by atoms with Crippen LogP contribution in [-0.2, 0) is 5.41 Å². The van der Waals surface area contributed by atoms with Gasteiger partial charge in [-0.15, -0.1) is 0 Å². The lowest BCUT2D eigenvalue weighted by atomic mass is 10.2. The molecular formula is C9H9N. The number of pyridine rings is 1. The molecule has 0 bridgehead atoms. The van der Waals surface area contributed by atoms with Crippen LogP contribution in [-0.4, -0.2) is 4.98 Å². The van der Waals surface area contributed by atoms with Gasteiger partial charge in [0.25, 0.3) is 0 Å². The molecule has 2 aliphatic carbocycles. The summed E-state index contributed by atoms with van der Waals surface area (Å²) in [5.41, 5.74) is 5.13. The predicted octanol–water partition coefficient (Wildman–Crippen LogP) is 1.78. The van der Waals surface area contributed by atoms with Gasteiger partial charge in [0, 0.05) is 17.8 Å². The molecule has 50 valence electrons. The van der Waals surface area contributed by atoms with Crippen LogP contribution in [0.25, 0.3) is 0 Å². The van der Waals surface area contributed by atoms with E-state index >= 15 is 0 Å². The van der Waals surface area contributed by atoms with Gasteiger partial charge in [0.15, 0.2) is 0 Å². The average molecular weight is 131 g/mol. The Morgan fingerprint density at radius 1 is 1.40 bits per heavy atom. The largest absolute Gasteiger partial charge is 0.264 e. The summed E-state index contributed by atoms with van der Waals surface area (Å²) >= 11 is 0. The minimum atomic E-state index is 0.584. The van der Waals surface area contributed by atoms with E-state index in [1.807, 2.05) is 12.4 Å². The SMILES string of the molecule is Cc1cncc2c1C21CC1. The van der Waals surface area contributed by atoms with Gasteiger partial charge in [0.2, 0.25) is 0 Å². The van der Waals surface area contributed by atoms with Gasteiger partial charge in [0.1, 0.15) is 0 Å². The van der Waals surface area contributed by atoms with Gasteiger partial charge in [0.05, 0.1) is 0 Å². The summed E-state index contributed by atoms with van der Waals surface area (Å²) in [5.74, 6) is 0. The maximum absolute atomic E-state index is 4.17. The van der Waals surface area contributed by atoms with Crippen LogP contribution in [0.4, 0.5) is 0 Å². The number of hydrogen-bond donors (Lipinski definition) is 0. The summed E-state index contributed by atoms with van der Waals surface area (Å²) in [6, 6.07) is 0. The summed E-state index contributed by atoms with van der Waals surface area (Å²) in [6.07, 6.45) is 6.78. The van der Waals surface area contributed by atoms with Crippen LogP contribution in [0.15, 0.2) is 12.4 Å². The molecule has 1 spiro atoms. The second-order valence-electron chi connectivity index (χ2n) is 3.46. The summed E-state index contributed by atoms with van der Waals surface area (Å²) in [7, 11) is 0. The average Bonchev–Trinajstić information content (AvgIpc) is 2.77. The number of fused-ring (bicyclic) bond motifs is 3. The fourth-order valence-electron chi connectivity index (χ4n) is 2.09. The topological polar surface area (TPSA) is 12.9 Å². The second kappa shape index (κ2) is 1.14. The molecule has 1 aromatic rings. The molecule has 1 heteroatoms. The molecule has 1 fully saturated rings. The fraction of sp³-hybridized carbons (Fsp3) is 0.444. The summed E-state index contributed by atoms with van der Waals surface area (Å²) < 4.78 is 0. The van der Waals surface area contributed by atoms with E-state index in [-0.39, 0.29) is 0 Å². The summed E-state index contributed by atoms with van der Waals surface area (Å²) in [6.45, 7) is 2.17. The highest BCUT2D eigenvalue weighted by atomic mass is 14.7. The lowest BCUT2D eigenvalue weighted by Crippen LogP contribution is -1.74. The third kappa shape index (κ3) is 0.341. The number of aromatic nitrogens is 1. The zero-order valence-electron chi connectivity index (χ0n) is 6.02. The minimum absolute atomic E-state index is 0.584. The molecule has 1 aromatic heterocycles. The number of rotatable bonds is 0.